The van der Waals surface area contributed by atoms with Crippen LogP contribution in [0.15, 0.2) is 45.3 Å². The predicted octanol–water partition coefficient (Wildman–Crippen LogP) is 4.24. The lowest BCUT2D eigenvalue weighted by Crippen LogP contribution is -2.54. The first-order chi connectivity index (χ1) is 23.0. The van der Waals surface area contributed by atoms with Crippen LogP contribution in [0.2, 0.25) is 0 Å². The summed E-state index contributed by atoms with van der Waals surface area (Å²) >= 11 is 6.71. The number of phenols is 1. The summed E-state index contributed by atoms with van der Waals surface area (Å²) in [4.78, 5) is 48.0. The number of anilines is 1. The largest absolute Gasteiger partial charge is 0.506 e. The third-order valence-corrected chi connectivity index (χ3v) is 12.8. The molecule has 1 unspecified atom stereocenters. The van der Waals surface area contributed by atoms with Gasteiger partial charge in [0.05, 0.1) is 20.5 Å². The Kier molecular flexibility index (Phi) is 10.9. The highest BCUT2D eigenvalue weighted by molar-refractivity contribution is 9.11. The fourth-order valence-corrected chi connectivity index (χ4v) is 9.68. The van der Waals surface area contributed by atoms with Crippen molar-refractivity contribution in [1.82, 2.24) is 19.6 Å². The number of sulfone groups is 1. The lowest BCUT2D eigenvalue weighted by Gasteiger charge is -2.41. The normalized spacial score (nSPS) is 21.6. The average Bonchev–Trinajstić information content (AvgIpc) is 3.24. The van der Waals surface area contributed by atoms with Gasteiger partial charge in [-0.25, -0.2) is 18.0 Å². The van der Waals surface area contributed by atoms with Gasteiger partial charge in [-0.05, 0) is 93.3 Å². The minimum Gasteiger partial charge on any atom is -0.506 e. The van der Waals surface area contributed by atoms with Crippen LogP contribution in [0, 0.1) is 0 Å². The van der Waals surface area contributed by atoms with Crippen LogP contribution in [-0.4, -0.2) is 127 Å². The summed E-state index contributed by atoms with van der Waals surface area (Å²) in [5.41, 5.74) is 2.64. The molecule has 260 valence electrons. The monoisotopic (exact) mass is 809 g/mol. The number of amides is 4. The molecule has 6 rings (SSSR count). The molecule has 0 bridgehead atoms. The zero-order valence-electron chi connectivity index (χ0n) is 26.7. The summed E-state index contributed by atoms with van der Waals surface area (Å²) < 4.78 is 30.7. The number of carbonyl (C=O) groups is 3. The lowest BCUT2D eigenvalue weighted by molar-refractivity contribution is -0.142. The van der Waals surface area contributed by atoms with Crippen molar-refractivity contribution in [3.8, 4) is 5.75 Å². The summed E-state index contributed by atoms with van der Waals surface area (Å²) in [6.07, 6.45) is 1.85. The van der Waals surface area contributed by atoms with E-state index in [0.29, 0.717) is 86.0 Å². The quantitative estimate of drug-likeness (QED) is 0.442. The van der Waals surface area contributed by atoms with Crippen molar-refractivity contribution in [3.05, 3.63) is 56.5 Å². The number of hydrogen-bond donors (Lipinski definition) is 2. The number of ether oxygens (including phenoxy) is 1. The number of para-hydroxylation sites is 1. The summed E-state index contributed by atoms with van der Waals surface area (Å²) in [5, 5.41) is 13.2. The number of aromatic hydroxyl groups is 1. The molecule has 0 aliphatic carbocycles. The Morgan fingerprint density at radius 2 is 1.50 bits per heavy atom. The second kappa shape index (κ2) is 14.9. The Balaban J connectivity index is 1.08. The number of benzene rings is 2. The van der Waals surface area contributed by atoms with Crippen molar-refractivity contribution in [2.75, 3.05) is 62.6 Å². The molecule has 3 saturated heterocycles. The Morgan fingerprint density at radius 1 is 0.896 bits per heavy atom. The second-order valence-corrected chi connectivity index (χ2v) is 17.0. The van der Waals surface area contributed by atoms with E-state index in [9.17, 15) is 27.9 Å². The first-order valence-corrected chi connectivity index (χ1v) is 19.9. The maximum absolute atomic E-state index is 14.0. The van der Waals surface area contributed by atoms with Crippen molar-refractivity contribution in [2.24, 2.45) is 0 Å². The maximum atomic E-state index is 14.0. The van der Waals surface area contributed by atoms with E-state index in [0.717, 1.165) is 17.7 Å². The highest BCUT2D eigenvalue weighted by atomic mass is 79.9. The molecule has 3 fully saturated rings. The third-order valence-electron chi connectivity index (χ3n) is 9.99. The van der Waals surface area contributed by atoms with Crippen LogP contribution in [0.3, 0.4) is 0 Å². The molecule has 0 radical (unpaired) electrons. The van der Waals surface area contributed by atoms with E-state index in [1.165, 1.54) is 0 Å². The van der Waals surface area contributed by atoms with Crippen molar-refractivity contribution in [1.29, 1.82) is 0 Å². The van der Waals surface area contributed by atoms with Crippen LogP contribution in [-0.2, 0) is 32.2 Å². The third kappa shape index (κ3) is 8.11. The molecule has 48 heavy (non-hydrogen) atoms. The number of nitrogens with zero attached hydrogens (tertiary/aromatic N) is 4. The molecule has 1 atom stereocenters. The Labute approximate surface area is 297 Å². The molecule has 2 aromatic carbocycles. The molecule has 4 aliphatic rings. The number of urea groups is 1. The predicted molar refractivity (Wildman–Crippen MR) is 188 cm³/mol. The smallest absolute Gasteiger partial charge is 0.410 e. The minimum atomic E-state index is -2.97. The van der Waals surface area contributed by atoms with E-state index in [4.69, 9.17) is 4.74 Å². The highest BCUT2D eigenvalue weighted by Crippen LogP contribution is 2.34. The molecule has 2 aromatic rings. The molecule has 4 heterocycles. The Morgan fingerprint density at radius 3 is 2.17 bits per heavy atom. The molecular formula is C33H41Br2N5O7S. The first kappa shape index (κ1) is 35.0. The molecule has 0 aromatic heterocycles. The zero-order valence-corrected chi connectivity index (χ0v) is 30.6. The lowest BCUT2D eigenvalue weighted by atomic mass is 10.0. The SMILES string of the molecule is O=C(OC(Cc1cc(Br)c(O)c(Br)c1)C(=O)N1CCC(N2CCS(=O)(=O)CC2)CC1)N1CCC(N2CCc3ccccc3NC2=O)CC1. The van der Waals surface area contributed by atoms with Gasteiger partial charge in [0.15, 0.2) is 15.9 Å². The van der Waals surface area contributed by atoms with Crippen LogP contribution in [0.4, 0.5) is 15.3 Å². The molecule has 4 aliphatic heterocycles. The number of halogens is 2. The van der Waals surface area contributed by atoms with Gasteiger partial charge >= 0.3 is 12.1 Å². The Bertz CT molecular complexity index is 1610. The van der Waals surface area contributed by atoms with Crippen molar-refractivity contribution in [2.45, 2.75) is 56.7 Å². The zero-order chi connectivity index (χ0) is 34.0. The van der Waals surface area contributed by atoms with Crippen molar-refractivity contribution in [3.63, 3.8) is 0 Å². The number of hydrogen-bond acceptors (Lipinski definition) is 8. The number of phenolic OH excluding ortho intramolecular Hbond substituents is 1. The summed E-state index contributed by atoms with van der Waals surface area (Å²) in [6, 6.07) is 11.3. The molecule has 4 amide bonds. The van der Waals surface area contributed by atoms with Gasteiger partial charge in [-0.3, -0.25) is 9.69 Å². The van der Waals surface area contributed by atoms with Crippen LogP contribution < -0.4 is 5.32 Å². The number of nitrogens with one attached hydrogen (secondary N) is 1. The van der Waals surface area contributed by atoms with E-state index >= 15 is 0 Å². The molecular weight excluding hydrogens is 770 g/mol. The molecule has 2 N–H and O–H groups in total. The van der Waals surface area contributed by atoms with Crippen molar-refractivity contribution >= 4 is 65.4 Å². The van der Waals surface area contributed by atoms with Crippen LogP contribution in [0.25, 0.3) is 0 Å². The van der Waals surface area contributed by atoms with Gasteiger partial charge in [0.2, 0.25) is 0 Å². The van der Waals surface area contributed by atoms with Gasteiger partial charge in [0.25, 0.3) is 5.91 Å². The van der Waals surface area contributed by atoms with Gasteiger partial charge in [0, 0.05) is 70.0 Å². The average molecular weight is 812 g/mol. The second-order valence-electron chi connectivity index (χ2n) is 13.0. The fraction of sp³-hybridized carbons (Fsp3) is 0.545. The maximum Gasteiger partial charge on any atom is 0.410 e. The van der Waals surface area contributed by atoms with Gasteiger partial charge < -0.3 is 29.9 Å². The Hall–Kier alpha value is -2.88. The topological polar surface area (TPSA) is 140 Å². The van der Waals surface area contributed by atoms with Crippen LogP contribution in [0.5, 0.6) is 5.75 Å². The standard InChI is InChI=1S/C33H41Br2N5O7S/c34-26-19-22(20-27(35)30(26)41)21-29(31(42)38-10-6-24(7-11-38)37-15-17-48(45,46)18-16-37)47-33(44)39-12-8-25(9-13-39)40-14-5-23-3-1-2-4-28(23)36-32(40)43/h1-4,19-20,24-25,29,41H,5-18,21H2,(H,36,43). The van der Waals surface area contributed by atoms with E-state index in [1.54, 1.807) is 21.9 Å². The van der Waals surface area contributed by atoms with Gasteiger partial charge in [-0.2, -0.15) is 0 Å². The molecule has 12 nitrogen and oxygen atoms in total. The number of piperidine rings is 2. The molecule has 0 spiro atoms. The van der Waals surface area contributed by atoms with E-state index in [1.807, 2.05) is 29.2 Å². The first-order valence-electron chi connectivity index (χ1n) is 16.5. The summed E-state index contributed by atoms with van der Waals surface area (Å²) in [5.74, 6) is 0.0900. The van der Waals surface area contributed by atoms with E-state index < -0.39 is 22.0 Å². The van der Waals surface area contributed by atoms with Crippen LogP contribution >= 0.6 is 31.9 Å². The number of rotatable bonds is 6. The van der Waals surface area contributed by atoms with Crippen molar-refractivity contribution < 1.29 is 32.6 Å². The van der Waals surface area contributed by atoms with E-state index in [-0.39, 0.29) is 47.7 Å². The fourth-order valence-electron chi connectivity index (χ4n) is 7.17. The van der Waals surface area contributed by atoms with Crippen LogP contribution in [0.1, 0.15) is 36.8 Å². The summed E-state index contributed by atoms with van der Waals surface area (Å²) in [6.45, 7) is 3.38. The molecule has 0 saturated carbocycles. The van der Waals surface area contributed by atoms with Gasteiger partial charge in [-0.1, -0.05) is 18.2 Å². The highest BCUT2D eigenvalue weighted by Gasteiger charge is 2.37. The number of carbonyl (C=O) groups excluding carboxylic acids is 3. The minimum absolute atomic E-state index is 0.0196. The van der Waals surface area contributed by atoms with Gasteiger partial charge in [-0.15, -0.1) is 0 Å². The molecule has 15 heteroatoms. The summed E-state index contributed by atoms with van der Waals surface area (Å²) in [7, 11) is -2.97. The number of likely N-dealkylation sites (tertiary alicyclic amines) is 2. The van der Waals surface area contributed by atoms with Gasteiger partial charge in [0.1, 0.15) is 5.75 Å². The number of fused-ring (bicyclic) bond motifs is 1. The van der Waals surface area contributed by atoms with E-state index in [2.05, 4.69) is 42.1 Å².